The monoisotopic (exact) mass is 338 g/mol. The molecule has 0 aliphatic carbocycles. The van der Waals surface area contributed by atoms with Crippen molar-refractivity contribution in [1.29, 1.82) is 0 Å². The number of ether oxygens (including phenoxy) is 1. The molecule has 0 N–H and O–H groups in total. The highest BCUT2D eigenvalue weighted by atomic mass is 16.5. The molecule has 0 saturated carbocycles. The van der Waals surface area contributed by atoms with Gasteiger partial charge in [-0.1, -0.05) is 0 Å². The lowest BCUT2D eigenvalue weighted by atomic mass is 10.1. The van der Waals surface area contributed by atoms with E-state index in [0.717, 1.165) is 24.5 Å². The summed E-state index contributed by atoms with van der Waals surface area (Å²) < 4.78 is 6.77. The first kappa shape index (κ1) is 15.4. The molecule has 4 rings (SSSR count). The number of rotatable bonds is 3. The zero-order valence-corrected chi connectivity index (χ0v) is 13.9. The molecule has 1 saturated heterocycles. The maximum atomic E-state index is 12.6. The molecule has 2 aromatic heterocycles. The lowest BCUT2D eigenvalue weighted by Gasteiger charge is -2.35. The molecule has 1 fully saturated rings. The quantitative estimate of drug-likeness (QED) is 0.712. The Morgan fingerprint density at radius 1 is 1.12 bits per heavy atom. The Kier molecular flexibility index (Phi) is 3.93. The summed E-state index contributed by atoms with van der Waals surface area (Å²) in [6.45, 7) is 2.85. The predicted molar refractivity (Wildman–Crippen MR) is 91.9 cm³/mol. The van der Waals surface area contributed by atoms with Crippen molar-refractivity contribution in [2.75, 3.05) is 38.2 Å². The second-order valence-electron chi connectivity index (χ2n) is 5.86. The van der Waals surface area contributed by atoms with Crippen LogP contribution in [0.2, 0.25) is 0 Å². The zero-order valence-electron chi connectivity index (χ0n) is 13.9. The fraction of sp³-hybridized carbons (Fsp3) is 0.294. The number of piperazine rings is 1. The normalized spacial score (nSPS) is 14.8. The van der Waals surface area contributed by atoms with Crippen LogP contribution < -0.4 is 9.64 Å². The number of hydrogen-bond donors (Lipinski definition) is 0. The first-order valence-electron chi connectivity index (χ1n) is 8.09. The first-order valence-corrected chi connectivity index (χ1v) is 8.09. The van der Waals surface area contributed by atoms with Crippen molar-refractivity contribution >= 4 is 17.2 Å². The number of carbonyl (C=O) groups excluding carboxylic acids is 1. The molecule has 0 atom stereocenters. The van der Waals surface area contributed by atoms with E-state index in [0.29, 0.717) is 24.3 Å². The van der Waals surface area contributed by atoms with Gasteiger partial charge in [-0.25, -0.2) is 4.52 Å². The average Bonchev–Trinajstić information content (AvgIpc) is 3.15. The third-order valence-corrected chi connectivity index (χ3v) is 4.42. The largest absolute Gasteiger partial charge is 0.497 e. The summed E-state index contributed by atoms with van der Waals surface area (Å²) in [4.78, 5) is 16.7. The van der Waals surface area contributed by atoms with Crippen LogP contribution in [0.3, 0.4) is 0 Å². The molecular weight excluding hydrogens is 320 g/mol. The van der Waals surface area contributed by atoms with Gasteiger partial charge in [0.15, 0.2) is 5.65 Å². The summed E-state index contributed by atoms with van der Waals surface area (Å²) >= 11 is 0. The standard InChI is InChI=1S/C17H18N6O2/c1-25-15-4-2-13(3-5-15)17(24)22-8-6-21(7-9-22)14-10-16-20-18-12-23(16)19-11-14/h2-5,10-12H,6-9H2,1H3. The van der Waals surface area contributed by atoms with E-state index >= 15 is 0 Å². The molecule has 3 heterocycles. The number of benzene rings is 1. The Morgan fingerprint density at radius 3 is 2.60 bits per heavy atom. The van der Waals surface area contributed by atoms with E-state index in [4.69, 9.17) is 4.74 Å². The second kappa shape index (κ2) is 6.39. The summed E-state index contributed by atoms with van der Waals surface area (Å²) in [5.74, 6) is 0.797. The van der Waals surface area contributed by atoms with Crippen molar-refractivity contribution in [2.45, 2.75) is 0 Å². The second-order valence-corrected chi connectivity index (χ2v) is 5.86. The highest BCUT2D eigenvalue weighted by molar-refractivity contribution is 5.94. The van der Waals surface area contributed by atoms with Gasteiger partial charge in [0.25, 0.3) is 5.91 Å². The number of aromatic nitrogens is 4. The third-order valence-electron chi connectivity index (χ3n) is 4.42. The van der Waals surface area contributed by atoms with Crippen molar-refractivity contribution in [3.8, 4) is 5.75 Å². The molecule has 0 spiro atoms. The van der Waals surface area contributed by atoms with Gasteiger partial charge in [-0.05, 0) is 24.3 Å². The van der Waals surface area contributed by atoms with Gasteiger partial charge in [-0.15, -0.1) is 10.2 Å². The Morgan fingerprint density at radius 2 is 1.88 bits per heavy atom. The van der Waals surface area contributed by atoms with Crippen LogP contribution in [0.15, 0.2) is 42.9 Å². The number of hydrogen-bond acceptors (Lipinski definition) is 6. The van der Waals surface area contributed by atoms with E-state index in [-0.39, 0.29) is 5.91 Å². The number of carbonyl (C=O) groups is 1. The summed E-state index contributed by atoms with van der Waals surface area (Å²) in [5.41, 5.74) is 2.40. The van der Waals surface area contributed by atoms with Crippen molar-refractivity contribution in [3.63, 3.8) is 0 Å². The van der Waals surface area contributed by atoms with E-state index < -0.39 is 0 Å². The van der Waals surface area contributed by atoms with Crippen LogP contribution >= 0.6 is 0 Å². The highest BCUT2D eigenvalue weighted by Crippen LogP contribution is 2.18. The number of anilines is 1. The van der Waals surface area contributed by atoms with Crippen molar-refractivity contribution in [1.82, 2.24) is 24.7 Å². The highest BCUT2D eigenvalue weighted by Gasteiger charge is 2.22. The van der Waals surface area contributed by atoms with E-state index in [9.17, 15) is 4.79 Å². The molecule has 1 amide bonds. The van der Waals surface area contributed by atoms with Gasteiger partial charge < -0.3 is 14.5 Å². The van der Waals surface area contributed by atoms with Gasteiger partial charge in [-0.3, -0.25) is 4.79 Å². The number of methoxy groups -OCH3 is 1. The minimum Gasteiger partial charge on any atom is -0.497 e. The minimum absolute atomic E-state index is 0.0494. The van der Waals surface area contributed by atoms with Gasteiger partial charge in [0.05, 0.1) is 19.0 Å². The van der Waals surface area contributed by atoms with Crippen LogP contribution in [0.1, 0.15) is 10.4 Å². The van der Waals surface area contributed by atoms with Crippen molar-refractivity contribution in [2.24, 2.45) is 0 Å². The number of fused-ring (bicyclic) bond motifs is 1. The van der Waals surface area contributed by atoms with Crippen LogP contribution in [0.5, 0.6) is 5.75 Å². The molecule has 0 radical (unpaired) electrons. The van der Waals surface area contributed by atoms with E-state index in [1.54, 1.807) is 36.3 Å². The van der Waals surface area contributed by atoms with E-state index in [2.05, 4.69) is 20.2 Å². The zero-order chi connectivity index (χ0) is 17.2. The van der Waals surface area contributed by atoms with Gasteiger partial charge >= 0.3 is 0 Å². The first-order chi connectivity index (χ1) is 12.2. The molecular formula is C17H18N6O2. The molecule has 1 aliphatic rings. The fourth-order valence-corrected chi connectivity index (χ4v) is 2.97. The molecule has 8 nitrogen and oxygen atoms in total. The van der Waals surface area contributed by atoms with Crippen molar-refractivity contribution in [3.05, 3.63) is 48.4 Å². The minimum atomic E-state index is 0.0494. The Hall–Kier alpha value is -3.16. The van der Waals surface area contributed by atoms with Crippen LogP contribution in [0, 0.1) is 0 Å². The number of amides is 1. The summed E-state index contributed by atoms with van der Waals surface area (Å²) in [6.07, 6.45) is 3.38. The molecule has 1 aromatic carbocycles. The summed E-state index contributed by atoms with van der Waals surface area (Å²) in [5, 5.41) is 12.2. The van der Waals surface area contributed by atoms with Gasteiger partial charge in [0.1, 0.15) is 12.1 Å². The molecule has 1 aliphatic heterocycles. The van der Waals surface area contributed by atoms with Crippen molar-refractivity contribution < 1.29 is 9.53 Å². The van der Waals surface area contributed by atoms with Crippen LogP contribution in [0.4, 0.5) is 5.69 Å². The van der Waals surface area contributed by atoms with Gasteiger partial charge in [0, 0.05) is 37.8 Å². The molecule has 25 heavy (non-hydrogen) atoms. The van der Waals surface area contributed by atoms with Crippen LogP contribution in [0.25, 0.3) is 5.65 Å². The number of nitrogens with zero attached hydrogens (tertiary/aromatic N) is 6. The Labute approximate surface area is 144 Å². The molecule has 0 unspecified atom stereocenters. The molecule has 3 aromatic rings. The Bertz CT molecular complexity index is 884. The lowest BCUT2D eigenvalue weighted by molar-refractivity contribution is 0.0746. The third kappa shape index (κ3) is 2.98. The van der Waals surface area contributed by atoms with Gasteiger partial charge in [-0.2, -0.15) is 5.10 Å². The summed E-state index contributed by atoms with van der Waals surface area (Å²) in [7, 11) is 1.61. The molecule has 8 heteroatoms. The smallest absolute Gasteiger partial charge is 0.253 e. The summed E-state index contributed by atoms with van der Waals surface area (Å²) in [6, 6.07) is 9.18. The topological polar surface area (TPSA) is 75.9 Å². The molecule has 0 bridgehead atoms. The maximum Gasteiger partial charge on any atom is 0.253 e. The van der Waals surface area contributed by atoms with Gasteiger partial charge in [0.2, 0.25) is 0 Å². The van der Waals surface area contributed by atoms with E-state index in [1.165, 1.54) is 0 Å². The SMILES string of the molecule is COc1ccc(C(=O)N2CCN(c3cnn4cnnc4c3)CC2)cc1. The average molecular weight is 338 g/mol. The van der Waals surface area contributed by atoms with Crippen LogP contribution in [-0.4, -0.2) is 63.9 Å². The van der Waals surface area contributed by atoms with Crippen LogP contribution in [-0.2, 0) is 0 Å². The fourth-order valence-electron chi connectivity index (χ4n) is 2.97. The predicted octanol–water partition coefficient (Wildman–Crippen LogP) is 1.10. The Balaban J connectivity index is 1.42. The lowest BCUT2D eigenvalue weighted by Crippen LogP contribution is -2.48. The van der Waals surface area contributed by atoms with E-state index in [1.807, 2.05) is 23.1 Å². The molecule has 128 valence electrons. The maximum absolute atomic E-state index is 12.6.